The van der Waals surface area contributed by atoms with Crippen molar-refractivity contribution < 1.29 is 14.1 Å². The highest BCUT2D eigenvalue weighted by atomic mass is 16.5. The molecule has 1 atom stereocenters. The van der Waals surface area contributed by atoms with E-state index in [1.165, 1.54) is 0 Å². The van der Waals surface area contributed by atoms with Gasteiger partial charge in [0.1, 0.15) is 17.5 Å². The largest absolute Gasteiger partial charge is 0.361 e. The van der Waals surface area contributed by atoms with Gasteiger partial charge in [0.15, 0.2) is 0 Å². The summed E-state index contributed by atoms with van der Waals surface area (Å²) < 4.78 is 5.35. The number of carbonyl (C=O) groups excluding carboxylic acids is 2. The maximum atomic E-state index is 12.7. The van der Waals surface area contributed by atoms with Gasteiger partial charge in [-0.25, -0.2) is 0 Å². The minimum atomic E-state index is -0.479. The third kappa shape index (κ3) is 3.49. The van der Waals surface area contributed by atoms with Gasteiger partial charge in [0.2, 0.25) is 11.8 Å². The normalized spacial score (nSPS) is 20.7. The summed E-state index contributed by atoms with van der Waals surface area (Å²) in [6.45, 7) is 2.80. The fourth-order valence-electron chi connectivity index (χ4n) is 3.41. The molecule has 6 heteroatoms. The number of hydrogen-bond acceptors (Lipinski definition) is 4. The summed E-state index contributed by atoms with van der Waals surface area (Å²) in [5, 5.41) is 4.07. The number of hydrogen-bond donors (Lipinski definition) is 0. The lowest BCUT2D eigenvalue weighted by Gasteiger charge is -2.38. The predicted molar refractivity (Wildman–Crippen MR) is 95.2 cm³/mol. The van der Waals surface area contributed by atoms with Crippen LogP contribution in [0.15, 0.2) is 40.9 Å². The van der Waals surface area contributed by atoms with Crippen LogP contribution in [-0.2, 0) is 22.6 Å². The summed E-state index contributed by atoms with van der Waals surface area (Å²) in [5.74, 6) is 1.33. The number of aromatic nitrogens is 1. The zero-order valence-electron chi connectivity index (χ0n) is 14.9. The summed E-state index contributed by atoms with van der Waals surface area (Å²) in [7, 11) is 0. The SMILES string of the molecule is C[C@H]1C(=O)N(CCc2ccccc2)CC(=O)N1Cc1cc(C2CC2)on1. The molecule has 2 amide bonds. The summed E-state index contributed by atoms with van der Waals surface area (Å²) >= 11 is 0. The third-order valence-electron chi connectivity index (χ3n) is 5.19. The Bertz CT molecular complexity index is 798. The number of rotatable bonds is 6. The van der Waals surface area contributed by atoms with Crippen LogP contribution in [0.5, 0.6) is 0 Å². The first-order valence-corrected chi connectivity index (χ1v) is 9.19. The topological polar surface area (TPSA) is 66.7 Å². The van der Waals surface area contributed by atoms with Gasteiger partial charge in [0, 0.05) is 18.5 Å². The molecule has 0 N–H and O–H groups in total. The van der Waals surface area contributed by atoms with Crippen LogP contribution in [0, 0.1) is 0 Å². The van der Waals surface area contributed by atoms with E-state index in [9.17, 15) is 9.59 Å². The van der Waals surface area contributed by atoms with Crippen molar-refractivity contribution in [2.24, 2.45) is 0 Å². The fourth-order valence-corrected chi connectivity index (χ4v) is 3.41. The lowest BCUT2D eigenvalue weighted by molar-refractivity contribution is -0.155. The zero-order valence-corrected chi connectivity index (χ0v) is 14.9. The van der Waals surface area contributed by atoms with Crippen molar-refractivity contribution in [1.29, 1.82) is 0 Å². The smallest absolute Gasteiger partial charge is 0.245 e. The molecule has 1 aromatic carbocycles. The number of benzene rings is 1. The van der Waals surface area contributed by atoms with Crippen LogP contribution in [0.4, 0.5) is 0 Å². The Hall–Kier alpha value is -2.63. The molecule has 0 bridgehead atoms. The monoisotopic (exact) mass is 353 g/mol. The number of nitrogens with zero attached hydrogens (tertiary/aromatic N) is 3. The second kappa shape index (κ2) is 6.94. The Morgan fingerprint density at radius 2 is 1.96 bits per heavy atom. The molecule has 1 aliphatic heterocycles. The van der Waals surface area contributed by atoms with Gasteiger partial charge in [0.05, 0.1) is 13.1 Å². The van der Waals surface area contributed by atoms with E-state index >= 15 is 0 Å². The van der Waals surface area contributed by atoms with Crippen molar-refractivity contribution in [3.63, 3.8) is 0 Å². The summed E-state index contributed by atoms with van der Waals surface area (Å²) in [6.07, 6.45) is 3.03. The van der Waals surface area contributed by atoms with Crippen LogP contribution < -0.4 is 0 Å². The quantitative estimate of drug-likeness (QED) is 0.800. The first-order valence-electron chi connectivity index (χ1n) is 9.19. The molecule has 1 aliphatic carbocycles. The second-order valence-electron chi connectivity index (χ2n) is 7.19. The van der Waals surface area contributed by atoms with E-state index in [0.29, 0.717) is 19.0 Å². The van der Waals surface area contributed by atoms with Crippen molar-refractivity contribution in [2.45, 2.75) is 44.7 Å². The Balaban J connectivity index is 1.38. The van der Waals surface area contributed by atoms with E-state index in [2.05, 4.69) is 5.16 Å². The summed E-state index contributed by atoms with van der Waals surface area (Å²) in [4.78, 5) is 28.6. The van der Waals surface area contributed by atoms with Gasteiger partial charge in [0.25, 0.3) is 0 Å². The highest BCUT2D eigenvalue weighted by Gasteiger charge is 2.37. The first-order chi connectivity index (χ1) is 12.6. The Kier molecular flexibility index (Phi) is 4.49. The zero-order chi connectivity index (χ0) is 18.1. The predicted octanol–water partition coefficient (Wildman–Crippen LogP) is 2.35. The number of carbonyl (C=O) groups is 2. The second-order valence-corrected chi connectivity index (χ2v) is 7.19. The minimum absolute atomic E-state index is 0.00792. The molecule has 1 aromatic heterocycles. The van der Waals surface area contributed by atoms with Gasteiger partial charge in [-0.05, 0) is 31.7 Å². The van der Waals surface area contributed by atoms with Crippen molar-refractivity contribution >= 4 is 11.8 Å². The molecule has 2 fully saturated rings. The van der Waals surface area contributed by atoms with Crippen LogP contribution in [0.2, 0.25) is 0 Å². The fraction of sp³-hybridized carbons (Fsp3) is 0.450. The van der Waals surface area contributed by atoms with Crippen LogP contribution in [0.1, 0.15) is 42.7 Å². The standard InChI is InChI=1S/C20H23N3O3/c1-14-20(25)22(10-9-15-5-3-2-4-6-15)13-19(24)23(14)12-17-11-18(26-21-17)16-7-8-16/h2-6,11,14,16H,7-10,12-13H2,1H3/t14-/m0/s1. The average Bonchev–Trinajstić information content (AvgIpc) is 3.40. The molecule has 0 spiro atoms. The van der Waals surface area contributed by atoms with Crippen molar-refractivity contribution in [1.82, 2.24) is 15.0 Å². The first kappa shape index (κ1) is 16.8. The molecule has 2 heterocycles. The lowest BCUT2D eigenvalue weighted by atomic mass is 10.1. The highest BCUT2D eigenvalue weighted by molar-refractivity contribution is 5.94. The molecule has 26 heavy (non-hydrogen) atoms. The van der Waals surface area contributed by atoms with Gasteiger partial charge in [-0.15, -0.1) is 0 Å². The molecule has 1 saturated carbocycles. The van der Waals surface area contributed by atoms with E-state index in [4.69, 9.17) is 4.52 Å². The van der Waals surface area contributed by atoms with E-state index < -0.39 is 6.04 Å². The summed E-state index contributed by atoms with van der Waals surface area (Å²) in [6, 6.07) is 11.4. The van der Waals surface area contributed by atoms with Crippen LogP contribution in [0.3, 0.4) is 0 Å². The molecule has 2 aliphatic rings. The third-order valence-corrected chi connectivity index (χ3v) is 5.19. The molecular formula is C20H23N3O3. The Labute approximate surface area is 152 Å². The van der Waals surface area contributed by atoms with Crippen LogP contribution >= 0.6 is 0 Å². The van der Waals surface area contributed by atoms with Gasteiger partial charge >= 0.3 is 0 Å². The Morgan fingerprint density at radius 1 is 1.19 bits per heavy atom. The maximum absolute atomic E-state index is 12.7. The van der Waals surface area contributed by atoms with Gasteiger partial charge in [-0.3, -0.25) is 9.59 Å². The molecular weight excluding hydrogens is 330 g/mol. The van der Waals surface area contributed by atoms with Crippen LogP contribution in [-0.4, -0.2) is 45.9 Å². The van der Waals surface area contributed by atoms with Crippen LogP contribution in [0.25, 0.3) is 0 Å². The van der Waals surface area contributed by atoms with E-state index in [-0.39, 0.29) is 18.4 Å². The summed E-state index contributed by atoms with van der Waals surface area (Å²) in [5.41, 5.74) is 1.88. The number of piperazine rings is 1. The average molecular weight is 353 g/mol. The molecule has 6 nitrogen and oxygen atoms in total. The molecule has 136 valence electrons. The molecule has 0 radical (unpaired) electrons. The van der Waals surface area contributed by atoms with E-state index in [0.717, 1.165) is 36.3 Å². The molecule has 1 saturated heterocycles. The minimum Gasteiger partial charge on any atom is -0.361 e. The van der Waals surface area contributed by atoms with Crippen molar-refractivity contribution in [3.05, 3.63) is 53.4 Å². The van der Waals surface area contributed by atoms with Crippen molar-refractivity contribution in [3.8, 4) is 0 Å². The molecule has 0 unspecified atom stereocenters. The van der Waals surface area contributed by atoms with E-state index in [1.807, 2.05) is 36.4 Å². The molecule has 2 aromatic rings. The van der Waals surface area contributed by atoms with E-state index in [1.54, 1.807) is 16.7 Å². The van der Waals surface area contributed by atoms with Gasteiger partial charge < -0.3 is 14.3 Å². The number of amides is 2. The molecule has 4 rings (SSSR count). The maximum Gasteiger partial charge on any atom is 0.245 e. The van der Waals surface area contributed by atoms with Gasteiger partial charge in [-0.2, -0.15) is 0 Å². The van der Waals surface area contributed by atoms with Crippen molar-refractivity contribution in [2.75, 3.05) is 13.1 Å². The highest BCUT2D eigenvalue weighted by Crippen LogP contribution is 2.40. The lowest BCUT2D eigenvalue weighted by Crippen LogP contribution is -2.58. The van der Waals surface area contributed by atoms with Gasteiger partial charge in [-0.1, -0.05) is 35.5 Å². The Morgan fingerprint density at radius 3 is 2.69 bits per heavy atom.